The molecule has 274 valence electrons. The van der Waals surface area contributed by atoms with Crippen LogP contribution in [0, 0.1) is 0 Å². The van der Waals surface area contributed by atoms with Gasteiger partial charge in [0, 0.05) is 13.0 Å². The van der Waals surface area contributed by atoms with E-state index in [9.17, 15) is 9.90 Å². The molecule has 4 nitrogen and oxygen atoms in total. The summed E-state index contributed by atoms with van der Waals surface area (Å²) in [6, 6.07) is 0. The van der Waals surface area contributed by atoms with Gasteiger partial charge in [-0.25, -0.2) is 0 Å². The third-order valence-electron chi connectivity index (χ3n) is 7.94. The molecule has 1 atom stereocenters. The van der Waals surface area contributed by atoms with Crippen LogP contribution in [-0.2, 0) is 14.3 Å². The van der Waals surface area contributed by atoms with Crippen LogP contribution >= 0.6 is 0 Å². The molecule has 0 aromatic heterocycles. The van der Waals surface area contributed by atoms with E-state index in [1.807, 2.05) is 0 Å². The van der Waals surface area contributed by atoms with Gasteiger partial charge in [-0.05, 0) is 83.5 Å². The summed E-state index contributed by atoms with van der Waals surface area (Å²) in [5, 5.41) is 9.56. The molecule has 0 saturated carbocycles. The Labute approximate surface area is 297 Å². The highest BCUT2D eigenvalue weighted by Crippen LogP contribution is 2.11. The van der Waals surface area contributed by atoms with Gasteiger partial charge in [0.05, 0.1) is 13.2 Å². The molecule has 0 aliphatic rings. The zero-order valence-electron chi connectivity index (χ0n) is 31.2. The van der Waals surface area contributed by atoms with Gasteiger partial charge in [0.1, 0.15) is 6.10 Å². The highest BCUT2D eigenvalue weighted by Gasteiger charge is 2.13. The number of aliphatic hydroxyl groups excluding tert-OH is 1. The monoisotopic (exact) mass is 667 g/mol. The lowest BCUT2D eigenvalue weighted by Gasteiger charge is -2.15. The van der Waals surface area contributed by atoms with Crippen LogP contribution in [0.15, 0.2) is 85.1 Å². The molecule has 0 radical (unpaired) electrons. The summed E-state index contributed by atoms with van der Waals surface area (Å²) in [6.45, 7) is 5.13. The Morgan fingerprint density at radius 2 is 0.938 bits per heavy atom. The number of hydrogen-bond donors (Lipinski definition) is 1. The maximum absolute atomic E-state index is 12.2. The van der Waals surface area contributed by atoms with E-state index >= 15 is 0 Å². The molecule has 0 aliphatic heterocycles. The highest BCUT2D eigenvalue weighted by atomic mass is 16.6. The Balaban J connectivity index is 3.55. The van der Waals surface area contributed by atoms with Crippen molar-refractivity contribution in [3.05, 3.63) is 85.1 Å². The van der Waals surface area contributed by atoms with Crippen LogP contribution in [0.25, 0.3) is 0 Å². The number of ether oxygens (including phenoxy) is 2. The lowest BCUT2D eigenvalue weighted by Crippen LogP contribution is -2.27. The van der Waals surface area contributed by atoms with Crippen LogP contribution in [0.2, 0.25) is 0 Å². The fourth-order valence-electron chi connectivity index (χ4n) is 5.04. The van der Waals surface area contributed by atoms with E-state index in [1.54, 1.807) is 0 Å². The van der Waals surface area contributed by atoms with Gasteiger partial charge in [-0.2, -0.15) is 0 Å². The second-order valence-electron chi connectivity index (χ2n) is 12.6. The number of rotatable bonds is 35. The smallest absolute Gasteiger partial charge is 0.306 e. The zero-order valence-corrected chi connectivity index (χ0v) is 31.2. The molecule has 0 fully saturated rings. The first-order valence-electron chi connectivity index (χ1n) is 19.7. The lowest BCUT2D eigenvalue weighted by atomic mass is 10.1. The molecular formula is C44H74O4. The number of unbranched alkanes of at least 4 members (excludes halogenated alkanes) is 13. The van der Waals surface area contributed by atoms with Gasteiger partial charge in [-0.1, -0.05) is 157 Å². The maximum atomic E-state index is 12.2. The molecular weight excluding hydrogens is 592 g/mol. The molecule has 0 aromatic carbocycles. The number of carbonyl (C=O) groups is 1. The second kappa shape index (κ2) is 40.7. The Hall–Kier alpha value is -2.43. The average Bonchev–Trinajstić information content (AvgIpc) is 3.09. The van der Waals surface area contributed by atoms with Gasteiger partial charge in [0.2, 0.25) is 0 Å². The fourth-order valence-corrected chi connectivity index (χ4v) is 5.04. The van der Waals surface area contributed by atoms with Crippen LogP contribution in [-0.4, -0.2) is 37.0 Å². The molecule has 0 aliphatic carbocycles. The third-order valence-corrected chi connectivity index (χ3v) is 7.94. The van der Waals surface area contributed by atoms with Gasteiger partial charge in [0.25, 0.3) is 0 Å². The number of allylic oxidation sites excluding steroid dienone is 14. The van der Waals surface area contributed by atoms with Crippen LogP contribution < -0.4 is 0 Å². The van der Waals surface area contributed by atoms with Crippen molar-refractivity contribution in [3.8, 4) is 0 Å². The molecule has 1 N–H and O–H groups in total. The first-order chi connectivity index (χ1) is 23.7. The van der Waals surface area contributed by atoms with Crippen LogP contribution in [0.3, 0.4) is 0 Å². The van der Waals surface area contributed by atoms with Crippen molar-refractivity contribution >= 4 is 5.97 Å². The van der Waals surface area contributed by atoms with Gasteiger partial charge in [0.15, 0.2) is 0 Å². The number of hydrogen-bond acceptors (Lipinski definition) is 4. The number of aliphatic hydroxyl groups is 1. The minimum Gasteiger partial charge on any atom is -0.457 e. The molecule has 0 aromatic rings. The Bertz CT molecular complexity index is 876. The predicted molar refractivity (Wildman–Crippen MR) is 209 cm³/mol. The standard InChI is InChI=1S/C44H74O4/c1-3-5-7-9-11-13-15-16-17-18-19-20-21-22-23-24-25-26-27-28-29-31-33-35-37-39-44(46)48-43(41-45)42-47-40-38-36-34-32-30-14-12-10-8-6-4-2/h5,7-8,10-11,13,16-17,19-20,22-23,25-26,43,45H,3-4,6,9,12,14-15,18,21,24,27-42H2,1-2H3/b7-5-,10-8-,13-11-,17-16-,20-19-,23-22-,26-25-. The largest absolute Gasteiger partial charge is 0.457 e. The lowest BCUT2D eigenvalue weighted by molar-refractivity contribution is -0.154. The molecule has 0 saturated heterocycles. The summed E-state index contributed by atoms with van der Waals surface area (Å²) < 4.78 is 11.1. The van der Waals surface area contributed by atoms with Crippen LogP contribution in [0.4, 0.5) is 0 Å². The first-order valence-corrected chi connectivity index (χ1v) is 19.7. The van der Waals surface area contributed by atoms with Gasteiger partial charge < -0.3 is 14.6 Å². The molecule has 0 bridgehead atoms. The Morgan fingerprint density at radius 3 is 1.44 bits per heavy atom. The summed E-state index contributed by atoms with van der Waals surface area (Å²) in [4.78, 5) is 12.2. The van der Waals surface area contributed by atoms with E-state index in [0.717, 1.165) is 77.0 Å². The normalized spacial score (nSPS) is 13.3. The average molecular weight is 667 g/mol. The van der Waals surface area contributed by atoms with E-state index < -0.39 is 6.10 Å². The van der Waals surface area contributed by atoms with Crippen LogP contribution in [0.5, 0.6) is 0 Å². The van der Waals surface area contributed by atoms with E-state index in [0.29, 0.717) is 13.0 Å². The fraction of sp³-hybridized carbons (Fsp3) is 0.659. The SMILES string of the molecule is CC/C=C\C/C=C\C/C=C\C/C=C\C/C=C\C/C=C\CCCCCCCCC(=O)OC(CO)COCCCCCCCC/C=C\CCC. The van der Waals surface area contributed by atoms with Crippen molar-refractivity contribution in [2.45, 2.75) is 168 Å². The molecule has 0 heterocycles. The summed E-state index contributed by atoms with van der Waals surface area (Å²) in [5.41, 5.74) is 0. The van der Waals surface area contributed by atoms with Crippen molar-refractivity contribution < 1.29 is 19.4 Å². The zero-order chi connectivity index (χ0) is 34.9. The Kier molecular flexibility index (Phi) is 38.7. The van der Waals surface area contributed by atoms with E-state index in [-0.39, 0.29) is 19.2 Å². The highest BCUT2D eigenvalue weighted by molar-refractivity contribution is 5.69. The van der Waals surface area contributed by atoms with E-state index in [2.05, 4.69) is 98.9 Å². The van der Waals surface area contributed by atoms with E-state index in [4.69, 9.17) is 9.47 Å². The van der Waals surface area contributed by atoms with Gasteiger partial charge >= 0.3 is 5.97 Å². The first kappa shape index (κ1) is 45.6. The predicted octanol–water partition coefficient (Wildman–Crippen LogP) is 12.8. The van der Waals surface area contributed by atoms with Gasteiger partial charge in [-0.15, -0.1) is 0 Å². The molecule has 48 heavy (non-hydrogen) atoms. The van der Waals surface area contributed by atoms with Crippen LogP contribution in [0.1, 0.15) is 162 Å². The van der Waals surface area contributed by atoms with Crippen molar-refractivity contribution in [1.29, 1.82) is 0 Å². The maximum Gasteiger partial charge on any atom is 0.306 e. The second-order valence-corrected chi connectivity index (χ2v) is 12.6. The number of esters is 1. The minimum atomic E-state index is -0.549. The van der Waals surface area contributed by atoms with Crippen molar-refractivity contribution in [1.82, 2.24) is 0 Å². The molecule has 4 heteroatoms. The summed E-state index contributed by atoms with van der Waals surface area (Å²) in [5.74, 6) is -0.222. The summed E-state index contributed by atoms with van der Waals surface area (Å²) in [6.07, 6.45) is 56.3. The van der Waals surface area contributed by atoms with Crippen molar-refractivity contribution in [3.63, 3.8) is 0 Å². The topological polar surface area (TPSA) is 55.8 Å². The Morgan fingerprint density at radius 1 is 0.521 bits per heavy atom. The third kappa shape index (κ3) is 38.0. The minimum absolute atomic E-state index is 0.185. The summed E-state index contributed by atoms with van der Waals surface area (Å²) in [7, 11) is 0. The number of carbonyl (C=O) groups excluding carboxylic acids is 1. The van der Waals surface area contributed by atoms with Gasteiger partial charge in [-0.3, -0.25) is 4.79 Å². The summed E-state index contributed by atoms with van der Waals surface area (Å²) >= 11 is 0. The van der Waals surface area contributed by atoms with Crippen molar-refractivity contribution in [2.24, 2.45) is 0 Å². The van der Waals surface area contributed by atoms with Crippen molar-refractivity contribution in [2.75, 3.05) is 19.8 Å². The quantitative estimate of drug-likeness (QED) is 0.0415. The van der Waals surface area contributed by atoms with E-state index in [1.165, 1.54) is 64.2 Å². The molecule has 0 rings (SSSR count). The molecule has 0 spiro atoms. The molecule has 0 amide bonds. The molecule has 1 unspecified atom stereocenters.